The Kier molecular flexibility index (Phi) is 5.58. The zero-order chi connectivity index (χ0) is 22.0. The zero-order valence-electron chi connectivity index (χ0n) is 17.5. The second-order valence-corrected chi connectivity index (χ2v) is 7.11. The largest absolute Gasteiger partial charge is 0.497 e. The molecule has 0 atom stereocenters. The van der Waals surface area contributed by atoms with Gasteiger partial charge in [0.05, 0.1) is 30.5 Å². The van der Waals surface area contributed by atoms with Crippen molar-refractivity contribution in [1.29, 1.82) is 0 Å². The minimum absolute atomic E-state index is 0.349. The van der Waals surface area contributed by atoms with E-state index in [1.165, 1.54) is 6.07 Å². The van der Waals surface area contributed by atoms with Crippen LogP contribution < -0.4 is 15.1 Å². The summed E-state index contributed by atoms with van der Waals surface area (Å²) in [5.41, 5.74) is 2.63. The van der Waals surface area contributed by atoms with Gasteiger partial charge in [-0.2, -0.15) is 5.10 Å². The van der Waals surface area contributed by atoms with Crippen molar-refractivity contribution in [3.63, 3.8) is 0 Å². The molecule has 0 saturated heterocycles. The first-order chi connectivity index (χ1) is 15.0. The number of aldehydes is 1. The predicted octanol–water partition coefficient (Wildman–Crippen LogP) is 4.56. The number of benzene rings is 2. The van der Waals surface area contributed by atoms with E-state index in [0.717, 1.165) is 29.3 Å². The molecule has 0 fully saturated rings. The molecule has 0 bridgehead atoms. The Morgan fingerprint density at radius 2 is 1.94 bits per heavy atom. The average Bonchev–Trinajstić information content (AvgIpc) is 3.21. The number of hydrogen-bond acceptors (Lipinski definition) is 6. The Hall–Kier alpha value is -3.87. The van der Waals surface area contributed by atoms with Gasteiger partial charge in [-0.15, -0.1) is 0 Å². The third-order valence-corrected chi connectivity index (χ3v) is 4.99. The number of carbonyl (C=O) groups is 1. The van der Waals surface area contributed by atoms with Gasteiger partial charge >= 0.3 is 5.63 Å². The topological polar surface area (TPSA) is 83.6 Å². The van der Waals surface area contributed by atoms with Crippen molar-refractivity contribution in [2.24, 2.45) is 0 Å². The molecule has 4 rings (SSSR count). The number of fused-ring (bicyclic) bond motifs is 1. The molecule has 2 aromatic carbocycles. The molecule has 0 spiro atoms. The van der Waals surface area contributed by atoms with Gasteiger partial charge in [-0.25, -0.2) is 9.48 Å². The number of carbonyl (C=O) groups excluding carboxylic acids is 1. The fourth-order valence-electron chi connectivity index (χ4n) is 3.46. The molecule has 0 unspecified atom stereocenters. The van der Waals surface area contributed by atoms with Crippen LogP contribution in [-0.2, 0) is 0 Å². The third-order valence-electron chi connectivity index (χ3n) is 4.99. The van der Waals surface area contributed by atoms with Crippen LogP contribution in [0.15, 0.2) is 57.9 Å². The summed E-state index contributed by atoms with van der Waals surface area (Å²) in [5.74, 6) is 1.22. The van der Waals surface area contributed by atoms with E-state index in [0.29, 0.717) is 40.5 Å². The van der Waals surface area contributed by atoms with E-state index < -0.39 is 5.63 Å². The van der Waals surface area contributed by atoms with Crippen LogP contribution in [0.4, 0.5) is 0 Å². The summed E-state index contributed by atoms with van der Waals surface area (Å²) >= 11 is 0. The molecular weight excluding hydrogens is 396 g/mol. The lowest BCUT2D eigenvalue weighted by Gasteiger charge is -2.13. The van der Waals surface area contributed by atoms with E-state index in [9.17, 15) is 9.59 Å². The molecule has 0 N–H and O–H groups in total. The minimum Gasteiger partial charge on any atom is -0.497 e. The summed E-state index contributed by atoms with van der Waals surface area (Å²) in [6.07, 6.45) is 3.18. The van der Waals surface area contributed by atoms with E-state index in [1.807, 2.05) is 50.2 Å². The highest BCUT2D eigenvalue weighted by molar-refractivity contribution is 6.00. The van der Waals surface area contributed by atoms with Crippen molar-refractivity contribution in [3.8, 4) is 28.4 Å². The van der Waals surface area contributed by atoms with Crippen molar-refractivity contribution in [1.82, 2.24) is 9.78 Å². The van der Waals surface area contributed by atoms with E-state index in [4.69, 9.17) is 13.9 Å². The lowest BCUT2D eigenvalue weighted by Crippen LogP contribution is -2.03. The summed E-state index contributed by atoms with van der Waals surface area (Å²) in [5, 5.41) is 5.42. The molecule has 2 heterocycles. The van der Waals surface area contributed by atoms with E-state index in [1.54, 1.807) is 18.0 Å². The van der Waals surface area contributed by atoms with Crippen LogP contribution >= 0.6 is 0 Å². The van der Waals surface area contributed by atoms with Crippen LogP contribution in [0.5, 0.6) is 11.5 Å². The van der Waals surface area contributed by atoms with Crippen LogP contribution in [0.2, 0.25) is 0 Å². The van der Waals surface area contributed by atoms with E-state index in [2.05, 4.69) is 5.10 Å². The van der Waals surface area contributed by atoms with Crippen molar-refractivity contribution < 1.29 is 18.7 Å². The number of rotatable bonds is 7. The van der Waals surface area contributed by atoms with E-state index >= 15 is 0 Å². The maximum Gasteiger partial charge on any atom is 0.336 e. The van der Waals surface area contributed by atoms with Gasteiger partial charge in [-0.05, 0) is 55.3 Å². The van der Waals surface area contributed by atoms with Crippen molar-refractivity contribution in [2.75, 3.05) is 13.7 Å². The molecule has 0 amide bonds. The maximum atomic E-state index is 12.1. The van der Waals surface area contributed by atoms with Crippen molar-refractivity contribution in [3.05, 3.63) is 70.2 Å². The second kappa shape index (κ2) is 8.47. The second-order valence-electron chi connectivity index (χ2n) is 7.11. The van der Waals surface area contributed by atoms with Crippen molar-refractivity contribution in [2.45, 2.75) is 20.3 Å². The zero-order valence-corrected chi connectivity index (χ0v) is 17.5. The van der Waals surface area contributed by atoms with Crippen LogP contribution in [0, 0.1) is 6.92 Å². The highest BCUT2D eigenvalue weighted by Gasteiger charge is 2.22. The average molecular weight is 418 g/mol. The monoisotopic (exact) mass is 418 g/mol. The van der Waals surface area contributed by atoms with Crippen LogP contribution in [-0.4, -0.2) is 29.8 Å². The number of aromatic nitrogens is 2. The lowest BCUT2D eigenvalue weighted by molar-refractivity contribution is 0.112. The molecule has 0 saturated carbocycles. The first-order valence-electron chi connectivity index (χ1n) is 9.95. The Bertz CT molecular complexity index is 1300. The first kappa shape index (κ1) is 20.4. The molecule has 2 aromatic heterocycles. The Balaban J connectivity index is 1.97. The molecule has 158 valence electrons. The van der Waals surface area contributed by atoms with Gasteiger partial charge in [-0.3, -0.25) is 4.79 Å². The molecule has 0 radical (unpaired) electrons. The predicted molar refractivity (Wildman–Crippen MR) is 118 cm³/mol. The number of ether oxygens (including phenoxy) is 2. The molecule has 31 heavy (non-hydrogen) atoms. The molecule has 0 aliphatic carbocycles. The molecule has 7 heteroatoms. The number of hydrogen-bond donors (Lipinski definition) is 0. The quantitative estimate of drug-likeness (QED) is 0.323. The number of aryl methyl sites for hydroxylation is 1. The molecule has 4 aromatic rings. The Morgan fingerprint density at radius 1 is 1.16 bits per heavy atom. The smallest absolute Gasteiger partial charge is 0.336 e. The van der Waals surface area contributed by atoms with Gasteiger partial charge < -0.3 is 13.9 Å². The molecule has 0 aliphatic rings. The van der Waals surface area contributed by atoms with Gasteiger partial charge in [0.1, 0.15) is 17.2 Å². The van der Waals surface area contributed by atoms with Crippen LogP contribution in [0.3, 0.4) is 0 Å². The Morgan fingerprint density at radius 3 is 2.61 bits per heavy atom. The third kappa shape index (κ3) is 3.82. The summed E-state index contributed by atoms with van der Waals surface area (Å²) in [6, 6.07) is 12.4. The number of methoxy groups -OCH3 is 1. The van der Waals surface area contributed by atoms with Crippen molar-refractivity contribution >= 4 is 17.3 Å². The maximum absolute atomic E-state index is 12.1. The molecule has 7 nitrogen and oxygen atoms in total. The molecule has 0 aliphatic heterocycles. The van der Waals surface area contributed by atoms with Crippen LogP contribution in [0.25, 0.3) is 27.9 Å². The summed E-state index contributed by atoms with van der Waals surface area (Å²) in [7, 11) is 1.60. The lowest BCUT2D eigenvalue weighted by atomic mass is 10.0. The van der Waals surface area contributed by atoms with Gasteiger partial charge in [0.25, 0.3) is 0 Å². The van der Waals surface area contributed by atoms with Gasteiger partial charge in [0.2, 0.25) is 0 Å². The van der Waals surface area contributed by atoms with E-state index in [-0.39, 0.29) is 0 Å². The van der Waals surface area contributed by atoms with Gasteiger partial charge in [0, 0.05) is 17.6 Å². The molecular formula is C24H22N2O5. The van der Waals surface area contributed by atoms with Gasteiger partial charge in [0.15, 0.2) is 11.9 Å². The first-order valence-corrected chi connectivity index (χ1v) is 9.95. The fraction of sp³-hybridized carbons (Fsp3) is 0.208. The fourth-order valence-corrected chi connectivity index (χ4v) is 3.46. The Labute approximate surface area is 178 Å². The highest BCUT2D eigenvalue weighted by Crippen LogP contribution is 2.38. The van der Waals surface area contributed by atoms with Crippen LogP contribution in [0.1, 0.15) is 29.3 Å². The summed E-state index contributed by atoms with van der Waals surface area (Å²) in [6.45, 7) is 4.32. The number of nitrogens with zero attached hydrogens (tertiary/aromatic N) is 2. The highest BCUT2D eigenvalue weighted by atomic mass is 16.5. The summed E-state index contributed by atoms with van der Waals surface area (Å²) in [4.78, 5) is 24.1. The normalized spacial score (nSPS) is 10.9. The van der Waals surface area contributed by atoms with Gasteiger partial charge in [-0.1, -0.05) is 6.92 Å². The minimum atomic E-state index is -0.471. The summed E-state index contributed by atoms with van der Waals surface area (Å²) < 4.78 is 18.3. The SMILES string of the molecule is CCCOc1ccc2c(C)cc(=O)oc2c1-c1nn(-c2ccc(OC)cc2)cc1C=O. The standard InChI is InChI=1S/C24H22N2O5/c1-4-11-30-20-10-9-19-15(2)12-21(28)31-24(19)22(20)23-16(14-27)13-26(25-23)17-5-7-18(29-3)8-6-17/h5-10,12-14H,4,11H2,1-3H3.